The first kappa shape index (κ1) is 19.5. The molecule has 7 nitrogen and oxygen atoms in total. The Morgan fingerprint density at radius 1 is 1.07 bits per heavy atom. The van der Waals surface area contributed by atoms with Gasteiger partial charge in [0.15, 0.2) is 0 Å². The quantitative estimate of drug-likeness (QED) is 0.570. The molecule has 0 aromatic heterocycles. The Morgan fingerprint density at radius 2 is 1.73 bits per heavy atom. The molecule has 162 valence electrons. The number of carbonyl (C=O) groups excluding carboxylic acids is 2. The maximum absolute atomic E-state index is 12.6. The molecule has 4 aliphatic carbocycles. The number of nitrogens with one attached hydrogen (secondary N) is 3. The van der Waals surface area contributed by atoms with E-state index in [1.165, 1.54) is 19.3 Å². The molecule has 4 bridgehead atoms. The number of anilines is 1. The van der Waals surface area contributed by atoms with Crippen LogP contribution in [-0.2, 0) is 0 Å². The highest BCUT2D eigenvalue weighted by Gasteiger charge is 2.51. The van der Waals surface area contributed by atoms with Crippen molar-refractivity contribution in [2.75, 3.05) is 25.0 Å². The molecule has 7 heteroatoms. The van der Waals surface area contributed by atoms with Gasteiger partial charge in [0.2, 0.25) is 0 Å². The summed E-state index contributed by atoms with van der Waals surface area (Å²) in [5.41, 5.74) is 0.442. The molecule has 1 saturated heterocycles. The second-order valence-electron chi connectivity index (χ2n) is 10.1. The predicted octanol–water partition coefficient (Wildman–Crippen LogP) is 3.51. The number of phenolic OH excluding ortho intramolecular Hbond substituents is 1. The lowest BCUT2D eigenvalue weighted by molar-refractivity contribution is -0.0135. The van der Waals surface area contributed by atoms with Crippen molar-refractivity contribution in [1.82, 2.24) is 15.5 Å². The van der Waals surface area contributed by atoms with Gasteiger partial charge in [-0.1, -0.05) is 12.1 Å². The number of aromatic hydroxyl groups is 1. The lowest BCUT2D eigenvalue weighted by Crippen LogP contribution is -2.61. The first-order valence-electron chi connectivity index (χ1n) is 11.4. The highest BCUT2D eigenvalue weighted by Crippen LogP contribution is 2.55. The number of para-hydroxylation sites is 2. The van der Waals surface area contributed by atoms with Crippen LogP contribution in [0.25, 0.3) is 0 Å². The number of benzene rings is 1. The van der Waals surface area contributed by atoms with Gasteiger partial charge in [-0.05, 0) is 80.8 Å². The van der Waals surface area contributed by atoms with Crippen LogP contribution in [0, 0.1) is 23.7 Å². The van der Waals surface area contributed by atoms with E-state index in [2.05, 4.69) is 16.0 Å². The van der Waals surface area contributed by atoms with E-state index < -0.39 is 0 Å². The third-order valence-corrected chi connectivity index (χ3v) is 7.69. The van der Waals surface area contributed by atoms with E-state index in [-0.39, 0.29) is 29.3 Å². The number of phenols is 1. The van der Waals surface area contributed by atoms with Crippen molar-refractivity contribution in [2.24, 2.45) is 23.7 Å². The van der Waals surface area contributed by atoms with Gasteiger partial charge in [0, 0.05) is 25.2 Å². The fourth-order valence-corrected chi connectivity index (χ4v) is 6.74. The van der Waals surface area contributed by atoms with Crippen LogP contribution in [-0.4, -0.2) is 47.2 Å². The van der Waals surface area contributed by atoms with Gasteiger partial charge < -0.3 is 26.0 Å². The smallest absolute Gasteiger partial charge is 0.321 e. The Kier molecular flexibility index (Phi) is 4.99. The zero-order valence-corrected chi connectivity index (χ0v) is 17.4. The Labute approximate surface area is 177 Å². The van der Waals surface area contributed by atoms with Crippen molar-refractivity contribution in [1.29, 1.82) is 0 Å². The number of urea groups is 2. The predicted molar refractivity (Wildman–Crippen MR) is 114 cm³/mol. The zero-order chi connectivity index (χ0) is 20.7. The number of amides is 4. The van der Waals surface area contributed by atoms with Crippen molar-refractivity contribution in [3.63, 3.8) is 0 Å². The molecular weight excluding hydrogens is 380 g/mol. The van der Waals surface area contributed by atoms with Gasteiger partial charge in [-0.3, -0.25) is 0 Å². The van der Waals surface area contributed by atoms with Crippen LogP contribution in [0.15, 0.2) is 24.3 Å². The van der Waals surface area contributed by atoms with Gasteiger partial charge in [0.05, 0.1) is 5.69 Å². The van der Waals surface area contributed by atoms with Crippen LogP contribution in [0.3, 0.4) is 0 Å². The van der Waals surface area contributed by atoms with Crippen LogP contribution in [0.4, 0.5) is 15.3 Å². The molecule has 6 rings (SSSR count). The molecule has 4 N–H and O–H groups in total. The Morgan fingerprint density at radius 3 is 2.40 bits per heavy atom. The monoisotopic (exact) mass is 412 g/mol. The van der Waals surface area contributed by atoms with Crippen LogP contribution >= 0.6 is 0 Å². The number of hydrogen-bond donors (Lipinski definition) is 4. The third kappa shape index (κ3) is 3.94. The van der Waals surface area contributed by atoms with Crippen LogP contribution in [0.1, 0.15) is 44.9 Å². The fraction of sp³-hybridized carbons (Fsp3) is 0.652. The van der Waals surface area contributed by atoms with Crippen molar-refractivity contribution in [2.45, 2.75) is 50.5 Å². The summed E-state index contributed by atoms with van der Waals surface area (Å²) >= 11 is 0. The molecule has 1 unspecified atom stereocenters. The molecule has 4 saturated carbocycles. The summed E-state index contributed by atoms with van der Waals surface area (Å²) in [6.07, 6.45) is 8.41. The molecule has 1 aliphatic heterocycles. The highest BCUT2D eigenvalue weighted by molar-refractivity contribution is 5.91. The standard InChI is InChI=1S/C23H32N4O3/c28-20-4-2-1-3-19(20)25-22(30)27-6-5-15(14-27)13-24-21(29)26-23-10-16-7-17(11-23)9-18(8-16)12-23/h1-4,15-18,28H,5-14H2,(H,25,30)(H2,24,26,29). The summed E-state index contributed by atoms with van der Waals surface area (Å²) in [6.45, 7) is 1.85. The number of carbonyl (C=O) groups is 2. The van der Waals surface area contributed by atoms with Gasteiger partial charge in [-0.15, -0.1) is 0 Å². The first-order chi connectivity index (χ1) is 14.5. The number of rotatable bonds is 4. The van der Waals surface area contributed by atoms with E-state index in [0.717, 1.165) is 43.4 Å². The van der Waals surface area contributed by atoms with Gasteiger partial charge >= 0.3 is 12.1 Å². The average Bonchev–Trinajstić information content (AvgIpc) is 3.16. The summed E-state index contributed by atoms with van der Waals surface area (Å²) in [5, 5.41) is 19.0. The van der Waals surface area contributed by atoms with Crippen LogP contribution in [0.2, 0.25) is 0 Å². The molecule has 1 heterocycles. The van der Waals surface area contributed by atoms with E-state index in [1.807, 2.05) is 0 Å². The zero-order valence-electron chi connectivity index (χ0n) is 17.4. The summed E-state index contributed by atoms with van der Waals surface area (Å²) < 4.78 is 0. The van der Waals surface area contributed by atoms with E-state index in [4.69, 9.17) is 0 Å². The lowest BCUT2D eigenvalue weighted by atomic mass is 9.53. The van der Waals surface area contributed by atoms with Crippen molar-refractivity contribution in [3.8, 4) is 5.75 Å². The topological polar surface area (TPSA) is 93.7 Å². The molecule has 5 aliphatic rings. The first-order valence-corrected chi connectivity index (χ1v) is 11.4. The number of hydrogen-bond acceptors (Lipinski definition) is 3. The molecule has 5 fully saturated rings. The maximum atomic E-state index is 12.6. The van der Waals surface area contributed by atoms with Crippen molar-refractivity contribution >= 4 is 17.7 Å². The van der Waals surface area contributed by atoms with E-state index in [0.29, 0.717) is 25.3 Å². The Hall–Kier alpha value is -2.44. The average molecular weight is 413 g/mol. The number of nitrogens with zero attached hydrogens (tertiary/aromatic N) is 1. The largest absolute Gasteiger partial charge is 0.506 e. The third-order valence-electron chi connectivity index (χ3n) is 7.69. The molecule has 30 heavy (non-hydrogen) atoms. The van der Waals surface area contributed by atoms with Gasteiger partial charge in [-0.25, -0.2) is 9.59 Å². The minimum atomic E-state index is -0.211. The van der Waals surface area contributed by atoms with Crippen molar-refractivity contribution in [3.05, 3.63) is 24.3 Å². The molecule has 1 aromatic rings. The molecule has 0 spiro atoms. The minimum absolute atomic E-state index is 0.0259. The molecule has 0 radical (unpaired) electrons. The summed E-state index contributed by atoms with van der Waals surface area (Å²) in [5.74, 6) is 2.74. The summed E-state index contributed by atoms with van der Waals surface area (Å²) in [4.78, 5) is 26.9. The molecule has 1 atom stereocenters. The summed E-state index contributed by atoms with van der Waals surface area (Å²) in [6, 6.07) is 6.46. The van der Waals surface area contributed by atoms with Gasteiger partial charge in [-0.2, -0.15) is 0 Å². The summed E-state index contributed by atoms with van der Waals surface area (Å²) in [7, 11) is 0. The SMILES string of the molecule is O=C(NCC1CCN(C(=O)Nc2ccccc2O)C1)NC12CC3CC(CC(C3)C1)C2. The molecule has 1 aromatic carbocycles. The molecular formula is C23H32N4O3. The van der Waals surface area contributed by atoms with Crippen LogP contribution in [0.5, 0.6) is 5.75 Å². The van der Waals surface area contributed by atoms with E-state index in [1.54, 1.807) is 29.2 Å². The minimum Gasteiger partial charge on any atom is -0.506 e. The molecule has 4 amide bonds. The van der Waals surface area contributed by atoms with Gasteiger partial charge in [0.1, 0.15) is 5.75 Å². The lowest BCUT2D eigenvalue weighted by Gasteiger charge is -2.56. The Bertz CT molecular complexity index is 791. The second kappa shape index (κ2) is 7.67. The second-order valence-corrected chi connectivity index (χ2v) is 10.1. The fourth-order valence-electron chi connectivity index (χ4n) is 6.74. The highest BCUT2D eigenvalue weighted by atomic mass is 16.3. The van der Waals surface area contributed by atoms with Gasteiger partial charge in [0.25, 0.3) is 0 Å². The van der Waals surface area contributed by atoms with E-state index >= 15 is 0 Å². The van der Waals surface area contributed by atoms with E-state index in [9.17, 15) is 14.7 Å². The van der Waals surface area contributed by atoms with Crippen LogP contribution < -0.4 is 16.0 Å². The normalized spacial score (nSPS) is 34.1. The Balaban J connectivity index is 1.08. The van der Waals surface area contributed by atoms with Crippen molar-refractivity contribution < 1.29 is 14.7 Å². The maximum Gasteiger partial charge on any atom is 0.321 e. The number of likely N-dealkylation sites (tertiary alicyclic amines) is 1.